The molecule has 0 saturated heterocycles. The fourth-order valence-electron chi connectivity index (χ4n) is 1.61. The van der Waals surface area contributed by atoms with Gasteiger partial charge in [0.25, 0.3) is 0 Å². The lowest BCUT2D eigenvalue weighted by Crippen LogP contribution is -2.18. The first kappa shape index (κ1) is 13.8. The zero-order valence-corrected chi connectivity index (χ0v) is 10.8. The van der Waals surface area contributed by atoms with Crippen LogP contribution in [0.4, 0.5) is 0 Å². The highest BCUT2D eigenvalue weighted by molar-refractivity contribution is 8.14. The fraction of sp³-hybridized carbons (Fsp3) is 0.385. The van der Waals surface area contributed by atoms with Crippen LogP contribution in [0.1, 0.15) is 24.5 Å². The summed E-state index contributed by atoms with van der Waals surface area (Å²) < 4.78 is 0. The topological polar surface area (TPSA) is 54.4 Å². The van der Waals surface area contributed by atoms with Crippen molar-refractivity contribution >= 4 is 22.8 Å². The normalized spacial score (nSPS) is 12.1. The predicted molar refractivity (Wildman–Crippen MR) is 69.2 cm³/mol. The standard InChI is InChI=1S/C13H16O3S/c1-9-5-3-4-6-11(9)7-8-12(13(15)16)17-10(2)14/h3-6,12H,7-8H2,1-2H3,(H,15,16)/t12-/m0/s1. The molecule has 92 valence electrons. The Morgan fingerprint density at radius 2 is 2.00 bits per heavy atom. The minimum atomic E-state index is -0.918. The molecule has 0 heterocycles. The molecule has 0 bridgehead atoms. The van der Waals surface area contributed by atoms with Crippen molar-refractivity contribution in [3.05, 3.63) is 35.4 Å². The Bertz CT molecular complexity index is 415. The first-order chi connectivity index (χ1) is 8.00. The molecule has 0 amide bonds. The molecule has 1 aromatic rings. The summed E-state index contributed by atoms with van der Waals surface area (Å²) in [6.45, 7) is 3.40. The number of carbonyl (C=O) groups is 2. The van der Waals surface area contributed by atoms with E-state index in [0.717, 1.165) is 22.9 Å². The molecular weight excluding hydrogens is 236 g/mol. The van der Waals surface area contributed by atoms with Crippen molar-refractivity contribution in [2.75, 3.05) is 0 Å². The van der Waals surface area contributed by atoms with Gasteiger partial charge in [-0.15, -0.1) is 0 Å². The van der Waals surface area contributed by atoms with Crippen LogP contribution in [-0.2, 0) is 16.0 Å². The molecule has 0 saturated carbocycles. The van der Waals surface area contributed by atoms with E-state index in [4.69, 9.17) is 5.11 Å². The average molecular weight is 252 g/mol. The van der Waals surface area contributed by atoms with E-state index in [1.165, 1.54) is 6.92 Å². The van der Waals surface area contributed by atoms with E-state index in [1.807, 2.05) is 31.2 Å². The smallest absolute Gasteiger partial charge is 0.317 e. The summed E-state index contributed by atoms with van der Waals surface area (Å²) in [5.74, 6) is -0.918. The molecule has 0 aliphatic carbocycles. The number of aliphatic carboxylic acids is 1. The summed E-state index contributed by atoms with van der Waals surface area (Å²) in [5, 5.41) is 8.20. The number of carboxylic acids is 1. The summed E-state index contributed by atoms with van der Waals surface area (Å²) in [4.78, 5) is 21.9. The molecule has 3 nitrogen and oxygen atoms in total. The lowest BCUT2D eigenvalue weighted by molar-refractivity contribution is -0.136. The molecule has 1 aromatic carbocycles. The SMILES string of the molecule is CC(=O)S[C@@H](CCc1ccccc1C)C(=O)O. The first-order valence-corrected chi connectivity index (χ1v) is 6.33. The van der Waals surface area contributed by atoms with Crippen LogP contribution in [0.2, 0.25) is 0 Å². The van der Waals surface area contributed by atoms with E-state index in [1.54, 1.807) is 0 Å². The van der Waals surface area contributed by atoms with Crippen LogP contribution in [0.15, 0.2) is 24.3 Å². The van der Waals surface area contributed by atoms with Crippen LogP contribution < -0.4 is 0 Å². The average Bonchev–Trinajstić information content (AvgIpc) is 2.25. The number of carbonyl (C=O) groups excluding carboxylic acids is 1. The van der Waals surface area contributed by atoms with Crippen molar-refractivity contribution in [1.82, 2.24) is 0 Å². The van der Waals surface area contributed by atoms with Crippen molar-refractivity contribution in [3.8, 4) is 0 Å². The van der Waals surface area contributed by atoms with Gasteiger partial charge in [0.15, 0.2) is 5.12 Å². The number of hydrogen-bond donors (Lipinski definition) is 1. The highest BCUT2D eigenvalue weighted by Gasteiger charge is 2.20. The molecule has 0 aromatic heterocycles. The van der Waals surface area contributed by atoms with E-state index >= 15 is 0 Å². The number of rotatable bonds is 5. The van der Waals surface area contributed by atoms with Crippen LogP contribution in [-0.4, -0.2) is 21.4 Å². The summed E-state index contributed by atoms with van der Waals surface area (Å²) >= 11 is 0.894. The van der Waals surface area contributed by atoms with E-state index in [9.17, 15) is 9.59 Å². The van der Waals surface area contributed by atoms with E-state index < -0.39 is 11.2 Å². The number of benzene rings is 1. The molecule has 0 aliphatic heterocycles. The van der Waals surface area contributed by atoms with Gasteiger partial charge in [-0.05, 0) is 30.9 Å². The van der Waals surface area contributed by atoms with Crippen molar-refractivity contribution in [1.29, 1.82) is 0 Å². The van der Waals surface area contributed by atoms with Gasteiger partial charge in [-0.2, -0.15) is 0 Å². The maximum absolute atomic E-state index is 11.0. The summed E-state index contributed by atoms with van der Waals surface area (Å²) in [6, 6.07) is 7.89. The van der Waals surface area contributed by atoms with E-state index in [2.05, 4.69) is 0 Å². The van der Waals surface area contributed by atoms with E-state index in [-0.39, 0.29) is 5.12 Å². The second-order valence-electron chi connectivity index (χ2n) is 3.90. The van der Waals surface area contributed by atoms with Crippen molar-refractivity contribution < 1.29 is 14.7 Å². The minimum Gasteiger partial charge on any atom is -0.480 e. The first-order valence-electron chi connectivity index (χ1n) is 5.45. The number of hydrogen-bond acceptors (Lipinski definition) is 3. The van der Waals surface area contributed by atoms with Gasteiger partial charge in [-0.25, -0.2) is 0 Å². The van der Waals surface area contributed by atoms with E-state index in [0.29, 0.717) is 12.8 Å². The molecule has 1 N–H and O–H groups in total. The Hall–Kier alpha value is -1.29. The number of thioether (sulfide) groups is 1. The van der Waals surface area contributed by atoms with Gasteiger partial charge in [0.1, 0.15) is 5.25 Å². The Balaban J connectivity index is 2.61. The van der Waals surface area contributed by atoms with Gasteiger partial charge in [0.05, 0.1) is 0 Å². The third-order valence-corrected chi connectivity index (χ3v) is 3.57. The van der Waals surface area contributed by atoms with Crippen LogP contribution in [0.25, 0.3) is 0 Å². The van der Waals surface area contributed by atoms with Crippen molar-refractivity contribution in [3.63, 3.8) is 0 Å². The largest absolute Gasteiger partial charge is 0.480 e. The number of aryl methyl sites for hydroxylation is 2. The zero-order valence-electron chi connectivity index (χ0n) is 9.97. The third-order valence-electron chi connectivity index (χ3n) is 2.52. The highest BCUT2D eigenvalue weighted by atomic mass is 32.2. The van der Waals surface area contributed by atoms with Gasteiger partial charge in [-0.1, -0.05) is 36.0 Å². The molecule has 0 unspecified atom stereocenters. The Morgan fingerprint density at radius 1 is 1.35 bits per heavy atom. The van der Waals surface area contributed by atoms with Gasteiger partial charge in [0, 0.05) is 6.92 Å². The van der Waals surface area contributed by atoms with Gasteiger partial charge < -0.3 is 5.11 Å². The van der Waals surface area contributed by atoms with Crippen LogP contribution in [0, 0.1) is 6.92 Å². The number of carboxylic acid groups (broad SMARTS) is 1. The lowest BCUT2D eigenvalue weighted by atomic mass is 10.0. The molecule has 4 heteroatoms. The Morgan fingerprint density at radius 3 is 2.53 bits per heavy atom. The van der Waals surface area contributed by atoms with Crippen LogP contribution in [0.5, 0.6) is 0 Å². The summed E-state index contributed by atoms with van der Waals surface area (Å²) in [5.41, 5.74) is 2.30. The molecule has 1 atom stereocenters. The monoisotopic (exact) mass is 252 g/mol. The highest BCUT2D eigenvalue weighted by Crippen LogP contribution is 2.19. The predicted octanol–water partition coefficient (Wildman–Crippen LogP) is 2.66. The van der Waals surface area contributed by atoms with Crippen molar-refractivity contribution in [2.45, 2.75) is 31.9 Å². The molecule has 0 aliphatic rings. The fourth-order valence-corrected chi connectivity index (χ4v) is 2.35. The molecule has 0 fully saturated rings. The zero-order chi connectivity index (χ0) is 12.8. The molecular formula is C13H16O3S. The summed E-state index contributed by atoms with van der Waals surface area (Å²) in [6.07, 6.45) is 1.16. The van der Waals surface area contributed by atoms with Crippen LogP contribution >= 0.6 is 11.8 Å². The van der Waals surface area contributed by atoms with Gasteiger partial charge >= 0.3 is 5.97 Å². The minimum absolute atomic E-state index is 0.151. The maximum atomic E-state index is 11.0. The molecule has 0 radical (unpaired) electrons. The maximum Gasteiger partial charge on any atom is 0.317 e. The molecule has 0 spiro atoms. The Kier molecular flexibility index (Phi) is 5.22. The summed E-state index contributed by atoms with van der Waals surface area (Å²) in [7, 11) is 0. The second-order valence-corrected chi connectivity index (χ2v) is 5.28. The van der Waals surface area contributed by atoms with Gasteiger partial charge in [0.2, 0.25) is 0 Å². The quantitative estimate of drug-likeness (QED) is 0.875. The van der Waals surface area contributed by atoms with Gasteiger partial charge in [-0.3, -0.25) is 9.59 Å². The molecule has 17 heavy (non-hydrogen) atoms. The van der Waals surface area contributed by atoms with Crippen LogP contribution in [0.3, 0.4) is 0 Å². The Labute approximate surface area is 105 Å². The third kappa shape index (κ3) is 4.61. The second kappa shape index (κ2) is 6.45. The molecule has 1 rings (SSSR count). The lowest BCUT2D eigenvalue weighted by Gasteiger charge is -2.11. The van der Waals surface area contributed by atoms with Crippen molar-refractivity contribution in [2.24, 2.45) is 0 Å².